The Balaban J connectivity index is 1.45. The second kappa shape index (κ2) is 47.0. The minimum absolute atomic E-state index is 0.106. The lowest BCUT2D eigenvalue weighted by atomic mass is 9.87. The van der Waals surface area contributed by atoms with E-state index in [9.17, 15) is 101 Å². The van der Waals surface area contributed by atoms with Crippen molar-refractivity contribution in [2.75, 3.05) is 33.0 Å². The van der Waals surface area contributed by atoms with E-state index >= 15 is 0 Å². The maximum atomic E-state index is 13.6. The first-order chi connectivity index (χ1) is 46.8. The Labute approximate surface area is 577 Å². The summed E-state index contributed by atoms with van der Waals surface area (Å²) in [5.41, 5.74) is 0. The van der Waals surface area contributed by atoms with Gasteiger partial charge in [0.05, 0.1) is 57.3 Å². The quantitative estimate of drug-likeness (QED) is 0.0361. The molecule has 0 bridgehead atoms. The molecule has 98 heavy (non-hydrogen) atoms. The SMILES string of the molecule is CCCCCCCCCCCCCCCCCCCC[C@@H](O)C(=O)N[C@@H](CO[C@@H]1O[C@H](CO)[C@@H](O[C@@H]2O[C@H](CO)[C@H](O)[C@H](O[C@]3(C(=O)O)C[C@H](O[C@H]4O[C@H](CO)[C@H](O)[C@H](O)[C@H]4O)[C@@H](NC(C)=O)[C@H](C(O)C(O)CO)O3)[C@H]2O)[C@H](O)[C@H]1O)[C@H](O)[C@H](O)CCCCCCCCCCC(C)C. The lowest BCUT2D eigenvalue weighted by Crippen LogP contribution is -2.72. The molecular formula is C68H126N2O28. The van der Waals surface area contributed by atoms with Gasteiger partial charge in [-0.1, -0.05) is 194 Å². The lowest BCUT2D eigenvalue weighted by Gasteiger charge is -2.52. The summed E-state index contributed by atoms with van der Waals surface area (Å²) in [6.07, 6.45) is -14.8. The summed E-state index contributed by atoms with van der Waals surface area (Å²) in [5, 5.41) is 192. The van der Waals surface area contributed by atoms with Crippen molar-refractivity contribution < 1.29 is 139 Å². The molecule has 576 valence electrons. The highest BCUT2D eigenvalue weighted by molar-refractivity contribution is 5.80. The van der Waals surface area contributed by atoms with Crippen LogP contribution in [0.5, 0.6) is 0 Å². The number of aliphatic hydroxyl groups is 16. The maximum absolute atomic E-state index is 13.6. The molecule has 0 aromatic carbocycles. The standard InChI is InChI=1S/C68H126N2O28/c1-5-6-7-8-9-10-11-12-13-14-15-16-17-18-19-24-27-30-33-44(77)63(88)70-42(51(79)43(76)32-29-26-23-21-20-22-25-28-31-40(2)3)39-91-64-58(86)56(84)60(49(38-74)95-64)96-66-59(87)62(54(82)48(37-73)94-66)98-68(67(89)90)34-46(92-65-57(85)55(83)53(81)47(36-72)93-65)50(69-41(4)75)61(97-68)52(80)45(78)35-71/h40,42-62,64-66,71-74,76-87H,5-39H2,1-4H3,(H,69,75)(H,70,88)(H,89,90)/t42-,43+,44+,45?,46-,47+,48+,49+,50+,51-,52?,53-,54-,55-,56+,57+,58+,59+,60+,61+,62-,64+,65-,66-,68-/m0/s1. The molecule has 0 aromatic rings. The highest BCUT2D eigenvalue weighted by Gasteiger charge is 2.62. The average molecular weight is 1420 g/mol. The molecule has 4 heterocycles. The predicted octanol–water partition coefficient (Wildman–Crippen LogP) is 0.181. The van der Waals surface area contributed by atoms with Crippen LogP contribution in [0.2, 0.25) is 0 Å². The average Bonchev–Trinajstić information content (AvgIpc) is 0.750. The first-order valence-corrected chi connectivity index (χ1v) is 36.5. The molecule has 19 N–H and O–H groups in total. The molecule has 2 unspecified atom stereocenters. The maximum Gasteiger partial charge on any atom is 0.364 e. The highest BCUT2D eigenvalue weighted by Crippen LogP contribution is 2.41. The molecular weight excluding hydrogens is 1290 g/mol. The van der Waals surface area contributed by atoms with Gasteiger partial charge in [0.15, 0.2) is 18.9 Å². The van der Waals surface area contributed by atoms with Crippen LogP contribution in [0.1, 0.15) is 220 Å². The zero-order valence-corrected chi connectivity index (χ0v) is 58.3. The fourth-order valence-corrected chi connectivity index (χ4v) is 13.2. The summed E-state index contributed by atoms with van der Waals surface area (Å²) >= 11 is 0. The Hall–Kier alpha value is -2.55. The monoisotopic (exact) mass is 1420 g/mol. The Kier molecular flexibility index (Phi) is 42.1. The molecule has 25 atom stereocenters. The molecule has 4 aliphatic rings. The molecule has 4 saturated heterocycles. The molecule has 0 aliphatic carbocycles. The number of aliphatic hydroxyl groups excluding tert-OH is 16. The van der Waals surface area contributed by atoms with E-state index in [-0.39, 0.29) is 12.8 Å². The molecule has 2 amide bonds. The van der Waals surface area contributed by atoms with Crippen LogP contribution >= 0.6 is 0 Å². The Morgan fingerprint density at radius 3 is 1.46 bits per heavy atom. The molecule has 4 fully saturated rings. The molecule has 0 radical (unpaired) electrons. The number of carboxylic acid groups (broad SMARTS) is 1. The van der Waals surface area contributed by atoms with Crippen LogP contribution in [0.4, 0.5) is 0 Å². The summed E-state index contributed by atoms with van der Waals surface area (Å²) in [7, 11) is 0. The van der Waals surface area contributed by atoms with E-state index in [2.05, 4.69) is 31.4 Å². The smallest absolute Gasteiger partial charge is 0.364 e. The van der Waals surface area contributed by atoms with Gasteiger partial charge in [0.1, 0.15) is 104 Å². The number of nitrogens with one attached hydrogen (secondary N) is 2. The van der Waals surface area contributed by atoms with Crippen LogP contribution in [-0.2, 0) is 52.3 Å². The number of aliphatic carboxylic acids is 1. The first-order valence-electron chi connectivity index (χ1n) is 36.5. The number of ether oxygens (including phenoxy) is 8. The summed E-state index contributed by atoms with van der Waals surface area (Å²) in [6, 6.07) is -3.22. The van der Waals surface area contributed by atoms with Gasteiger partial charge in [0.25, 0.3) is 5.79 Å². The van der Waals surface area contributed by atoms with Crippen molar-refractivity contribution in [2.24, 2.45) is 5.92 Å². The van der Waals surface area contributed by atoms with Crippen LogP contribution in [0.25, 0.3) is 0 Å². The van der Waals surface area contributed by atoms with E-state index < -0.39 is 210 Å². The fraction of sp³-hybridized carbons (Fsp3) is 0.956. The van der Waals surface area contributed by atoms with Gasteiger partial charge >= 0.3 is 5.97 Å². The molecule has 0 spiro atoms. The molecule has 30 heteroatoms. The Bertz CT molecular complexity index is 2140. The van der Waals surface area contributed by atoms with E-state index in [0.717, 1.165) is 77.6 Å². The van der Waals surface area contributed by atoms with Crippen molar-refractivity contribution in [2.45, 2.75) is 373 Å². The largest absolute Gasteiger partial charge is 0.477 e. The van der Waals surface area contributed by atoms with Gasteiger partial charge in [0, 0.05) is 13.3 Å². The Morgan fingerprint density at radius 2 is 0.980 bits per heavy atom. The van der Waals surface area contributed by atoms with E-state index in [1.807, 2.05) is 0 Å². The van der Waals surface area contributed by atoms with Gasteiger partial charge in [-0.3, -0.25) is 9.59 Å². The van der Waals surface area contributed by atoms with Crippen molar-refractivity contribution in [3.05, 3.63) is 0 Å². The number of rotatable bonds is 51. The third-order valence-corrected chi connectivity index (χ3v) is 19.3. The number of carbonyl (C=O) groups excluding carboxylic acids is 2. The number of hydrogen-bond donors (Lipinski definition) is 19. The molecule has 30 nitrogen and oxygen atoms in total. The molecule has 4 aliphatic heterocycles. The molecule has 4 rings (SSSR count). The number of unbranched alkanes of at least 4 members (excludes halogenated alkanes) is 24. The third-order valence-electron chi connectivity index (χ3n) is 19.3. The second-order valence-electron chi connectivity index (χ2n) is 27.9. The number of carbonyl (C=O) groups is 3. The van der Waals surface area contributed by atoms with Gasteiger partial charge in [-0.15, -0.1) is 0 Å². The van der Waals surface area contributed by atoms with Crippen LogP contribution in [0, 0.1) is 5.92 Å². The highest BCUT2D eigenvalue weighted by atomic mass is 16.8. The summed E-state index contributed by atoms with van der Waals surface area (Å²) in [5.74, 6) is -6.53. The van der Waals surface area contributed by atoms with Gasteiger partial charge in [-0.05, 0) is 18.8 Å². The summed E-state index contributed by atoms with van der Waals surface area (Å²) in [6.45, 7) is 2.63. The van der Waals surface area contributed by atoms with Crippen molar-refractivity contribution >= 4 is 17.8 Å². The topological polar surface area (TPSA) is 493 Å². The lowest BCUT2D eigenvalue weighted by molar-refractivity contribution is -0.392. The predicted molar refractivity (Wildman–Crippen MR) is 351 cm³/mol. The Morgan fingerprint density at radius 1 is 0.520 bits per heavy atom. The van der Waals surface area contributed by atoms with Crippen molar-refractivity contribution in [3.8, 4) is 0 Å². The minimum atomic E-state index is -3.32. The summed E-state index contributed by atoms with van der Waals surface area (Å²) < 4.78 is 46.5. The van der Waals surface area contributed by atoms with Crippen LogP contribution in [0.3, 0.4) is 0 Å². The number of amides is 2. The molecule has 0 saturated carbocycles. The van der Waals surface area contributed by atoms with Gasteiger partial charge in [-0.25, -0.2) is 4.79 Å². The first kappa shape index (κ1) is 87.9. The zero-order valence-electron chi connectivity index (χ0n) is 58.3. The van der Waals surface area contributed by atoms with Crippen molar-refractivity contribution in [1.82, 2.24) is 10.6 Å². The third kappa shape index (κ3) is 28.1. The van der Waals surface area contributed by atoms with Crippen LogP contribution in [-0.4, -0.2) is 290 Å². The van der Waals surface area contributed by atoms with E-state index in [1.165, 1.54) is 89.9 Å². The van der Waals surface area contributed by atoms with Crippen molar-refractivity contribution in [1.29, 1.82) is 0 Å². The van der Waals surface area contributed by atoms with E-state index in [1.54, 1.807) is 0 Å². The second-order valence-corrected chi connectivity index (χ2v) is 27.9. The van der Waals surface area contributed by atoms with Crippen LogP contribution in [0.15, 0.2) is 0 Å². The zero-order chi connectivity index (χ0) is 72.5. The molecule has 0 aromatic heterocycles. The van der Waals surface area contributed by atoms with Crippen LogP contribution < -0.4 is 10.6 Å². The number of hydrogen-bond acceptors (Lipinski definition) is 27. The normalized spacial score (nSPS) is 32.7. The van der Waals surface area contributed by atoms with Gasteiger partial charge in [-0.2, -0.15) is 0 Å². The van der Waals surface area contributed by atoms with Gasteiger partial charge < -0.3 is 135 Å². The minimum Gasteiger partial charge on any atom is -0.477 e. The number of carboxylic acids is 1. The van der Waals surface area contributed by atoms with E-state index in [0.29, 0.717) is 18.8 Å². The summed E-state index contributed by atoms with van der Waals surface area (Å²) in [4.78, 5) is 39.9. The fourth-order valence-electron chi connectivity index (χ4n) is 13.2. The van der Waals surface area contributed by atoms with E-state index in [4.69, 9.17) is 37.9 Å². The van der Waals surface area contributed by atoms with Crippen molar-refractivity contribution in [3.63, 3.8) is 0 Å². The van der Waals surface area contributed by atoms with Gasteiger partial charge in [0.2, 0.25) is 11.8 Å².